The zero-order valence-corrected chi connectivity index (χ0v) is 46.7. The van der Waals surface area contributed by atoms with Crippen molar-refractivity contribution in [2.45, 2.75) is 101 Å². The molecule has 0 saturated carbocycles. The van der Waals surface area contributed by atoms with E-state index in [1.165, 1.54) is 4.79 Å². The van der Waals surface area contributed by atoms with Crippen molar-refractivity contribution in [2.75, 3.05) is 56.2 Å². The summed E-state index contributed by atoms with van der Waals surface area (Å²) in [5.41, 5.74) is 6.87. The molecule has 0 aliphatic carbocycles. The van der Waals surface area contributed by atoms with E-state index in [0.29, 0.717) is 59.7 Å². The highest BCUT2D eigenvalue weighted by atomic mass is 32.2. The molecule has 1 amide bonds. The van der Waals surface area contributed by atoms with E-state index in [9.17, 15) is 9.00 Å². The predicted molar refractivity (Wildman–Crippen MR) is 302 cm³/mol. The SMILES string of the molecule is CCN(CC)c1ccc(N=C2C(C(C)(C)C)=Nn3nc(-c4cc(NS(=O)Oc5cc(C(C)(C)CC(C)(C)C)ccc5OCCOc5ccc(OC)cc5)cc(C(=O)NCCCOc5ccc(C)cc5C)c4)nc32)cc1. The van der Waals surface area contributed by atoms with Gasteiger partial charge in [-0.1, -0.05) is 79.2 Å². The van der Waals surface area contributed by atoms with Gasteiger partial charge in [-0.3, -0.25) is 9.52 Å². The van der Waals surface area contributed by atoms with Crippen LogP contribution in [0.1, 0.15) is 115 Å². The molecule has 1 aromatic heterocycles. The number of anilines is 2. The second kappa shape index (κ2) is 24.0. The van der Waals surface area contributed by atoms with Crippen molar-refractivity contribution in [1.82, 2.24) is 20.2 Å². The van der Waals surface area contributed by atoms with Crippen LogP contribution in [0.15, 0.2) is 113 Å². The quantitative estimate of drug-likeness (QED) is 0.0591. The van der Waals surface area contributed by atoms with Gasteiger partial charge in [-0.15, -0.1) is 9.89 Å². The van der Waals surface area contributed by atoms with E-state index in [-0.39, 0.29) is 46.7 Å². The molecule has 1 unspecified atom stereocenters. The van der Waals surface area contributed by atoms with Crippen LogP contribution < -0.4 is 38.1 Å². The molecule has 398 valence electrons. The fourth-order valence-corrected chi connectivity index (χ4v) is 9.79. The zero-order valence-electron chi connectivity index (χ0n) is 45.9. The van der Waals surface area contributed by atoms with E-state index in [2.05, 4.69) is 102 Å². The molecule has 6 aromatic rings. The molecule has 0 spiro atoms. The van der Waals surface area contributed by atoms with Crippen LogP contribution in [0.3, 0.4) is 0 Å². The Bertz CT molecular complexity index is 3020. The van der Waals surface area contributed by atoms with E-state index in [1.54, 1.807) is 25.3 Å². The number of carbonyl (C=O) groups is 1. The summed E-state index contributed by atoms with van der Waals surface area (Å²) >= 11 is -2.19. The average molecular weight is 1040 g/mol. The van der Waals surface area contributed by atoms with Crippen LogP contribution in [0.5, 0.6) is 28.7 Å². The maximum atomic E-state index is 14.3. The highest BCUT2D eigenvalue weighted by molar-refractivity contribution is 7.82. The fourth-order valence-electron chi connectivity index (χ4n) is 9.15. The molecule has 2 heterocycles. The third kappa shape index (κ3) is 14.8. The Morgan fingerprint density at radius 2 is 1.44 bits per heavy atom. The van der Waals surface area contributed by atoms with Crippen LogP contribution in [0, 0.1) is 24.7 Å². The van der Waals surface area contributed by atoms with E-state index in [1.807, 2.05) is 80.6 Å². The summed E-state index contributed by atoms with van der Waals surface area (Å²) in [5, 5.41) is 12.8. The minimum absolute atomic E-state index is 0.0311. The third-order valence-electron chi connectivity index (χ3n) is 12.5. The number of fused-ring (bicyclic) bond motifs is 1. The molecule has 5 aromatic carbocycles. The number of aryl methyl sites for hydroxylation is 2. The molecule has 75 heavy (non-hydrogen) atoms. The summed E-state index contributed by atoms with van der Waals surface area (Å²) in [6.45, 7) is 28.5. The number of methoxy groups -OCH3 is 1. The van der Waals surface area contributed by atoms with Crippen molar-refractivity contribution >= 4 is 45.7 Å². The number of ether oxygens (including phenoxy) is 4. The molecule has 1 atom stereocenters. The van der Waals surface area contributed by atoms with E-state index >= 15 is 0 Å². The molecule has 7 rings (SSSR count). The zero-order chi connectivity index (χ0) is 54.1. The van der Waals surface area contributed by atoms with E-state index < -0.39 is 11.3 Å². The number of benzene rings is 5. The van der Waals surface area contributed by atoms with Gasteiger partial charge in [0.1, 0.15) is 36.2 Å². The molecular weight excluding hydrogens is 965 g/mol. The first kappa shape index (κ1) is 55.5. The standard InChI is InChI=1S/C59H74N8O7S/c1-14-66(15-2)46-21-19-44(20-22-46)61-52-53(58(8,9)10)63-67-55(52)62-54(64-67)41-34-42(56(68)60-29-16-30-72-49-27-17-39(3)33-40(49)4)36-45(35-41)65-75(69)74-51-37-43(59(11,12)38-57(5,6)7)18-28-50(51)73-32-31-71-48-25-23-47(70-13)24-26-48/h17-28,33-37,65H,14-16,29-32,38H2,1-13H3,(H,60,68). The van der Waals surface area contributed by atoms with Crippen LogP contribution >= 0.6 is 0 Å². The van der Waals surface area contributed by atoms with E-state index in [0.717, 1.165) is 64.8 Å². The Kier molecular flexibility index (Phi) is 17.8. The van der Waals surface area contributed by atoms with Gasteiger partial charge in [0.2, 0.25) is 5.82 Å². The summed E-state index contributed by atoms with van der Waals surface area (Å²) in [5.74, 6) is 3.26. The van der Waals surface area contributed by atoms with Crippen LogP contribution in [0.2, 0.25) is 0 Å². The molecule has 0 radical (unpaired) electrons. The minimum atomic E-state index is -2.19. The molecule has 2 N–H and O–H groups in total. The van der Waals surface area contributed by atoms with Crippen LogP contribution in [0.4, 0.5) is 17.1 Å². The van der Waals surface area contributed by atoms with Gasteiger partial charge in [0.15, 0.2) is 17.3 Å². The van der Waals surface area contributed by atoms with Gasteiger partial charge in [0.25, 0.3) is 5.91 Å². The van der Waals surface area contributed by atoms with Crippen LogP contribution in [-0.4, -0.2) is 83.0 Å². The molecular formula is C59H74N8O7S. The number of aliphatic imine (C=N–C) groups is 1. The highest BCUT2D eigenvalue weighted by Crippen LogP contribution is 2.40. The first-order valence-electron chi connectivity index (χ1n) is 25.7. The Labute approximate surface area is 445 Å². The number of carbonyl (C=O) groups excluding carboxylic acids is 1. The van der Waals surface area contributed by atoms with Crippen molar-refractivity contribution < 1.29 is 32.1 Å². The maximum Gasteiger partial charge on any atom is 0.316 e. The molecule has 0 saturated heterocycles. The molecule has 0 fully saturated rings. The smallest absolute Gasteiger partial charge is 0.316 e. The maximum absolute atomic E-state index is 14.3. The van der Waals surface area contributed by atoms with Crippen molar-refractivity contribution in [3.05, 3.63) is 131 Å². The number of hydrogen-bond acceptors (Lipinski definition) is 12. The van der Waals surface area contributed by atoms with Gasteiger partial charge in [-0.05, 0) is 147 Å². The highest BCUT2D eigenvalue weighted by Gasteiger charge is 2.35. The Morgan fingerprint density at radius 3 is 2.11 bits per heavy atom. The number of aromatic nitrogens is 3. The van der Waals surface area contributed by atoms with Crippen molar-refractivity contribution in [3.63, 3.8) is 0 Å². The van der Waals surface area contributed by atoms with Gasteiger partial charge in [-0.2, -0.15) is 9.31 Å². The first-order valence-corrected chi connectivity index (χ1v) is 26.8. The lowest BCUT2D eigenvalue weighted by molar-refractivity contribution is 0.0951. The lowest BCUT2D eigenvalue weighted by Gasteiger charge is -2.33. The normalized spacial score (nSPS) is 13.5. The minimum Gasteiger partial charge on any atom is -0.497 e. The average Bonchev–Trinajstić information content (AvgIpc) is 3.93. The third-order valence-corrected chi connectivity index (χ3v) is 13.3. The van der Waals surface area contributed by atoms with Crippen molar-refractivity contribution in [1.29, 1.82) is 0 Å². The Balaban J connectivity index is 1.17. The molecule has 15 nitrogen and oxygen atoms in total. The van der Waals surface area contributed by atoms with Gasteiger partial charge in [0.05, 0.1) is 30.8 Å². The van der Waals surface area contributed by atoms with Crippen molar-refractivity contribution in [2.24, 2.45) is 20.9 Å². The second-order valence-electron chi connectivity index (χ2n) is 21.6. The van der Waals surface area contributed by atoms with E-state index in [4.69, 9.17) is 43.3 Å². The summed E-state index contributed by atoms with van der Waals surface area (Å²) < 4.78 is 47.0. The number of amides is 1. The monoisotopic (exact) mass is 1040 g/mol. The number of hydrogen-bond donors (Lipinski definition) is 2. The van der Waals surface area contributed by atoms with Crippen LogP contribution in [0.25, 0.3) is 11.4 Å². The molecule has 1 aliphatic heterocycles. The summed E-state index contributed by atoms with van der Waals surface area (Å²) in [4.78, 5) is 27.9. The number of nitrogens with one attached hydrogen (secondary N) is 2. The fraction of sp³-hybridized carbons (Fsp3) is 0.407. The topological polar surface area (TPSA) is 163 Å². The number of nitrogens with zero attached hydrogens (tertiary/aromatic N) is 6. The number of rotatable bonds is 23. The van der Waals surface area contributed by atoms with Gasteiger partial charge in [-0.25, -0.2) is 9.98 Å². The Morgan fingerprint density at radius 1 is 0.760 bits per heavy atom. The predicted octanol–water partition coefficient (Wildman–Crippen LogP) is 12.2. The van der Waals surface area contributed by atoms with Gasteiger partial charge in [0, 0.05) is 41.9 Å². The molecule has 1 aliphatic rings. The summed E-state index contributed by atoms with van der Waals surface area (Å²) in [6, 6.07) is 32.3. The second-order valence-corrected chi connectivity index (χ2v) is 22.4. The molecule has 16 heteroatoms. The van der Waals surface area contributed by atoms with Gasteiger partial charge < -0.3 is 33.3 Å². The first-order chi connectivity index (χ1) is 35.6. The molecule has 0 bridgehead atoms. The van der Waals surface area contributed by atoms with Crippen LogP contribution in [-0.2, 0) is 16.7 Å². The lowest BCUT2D eigenvalue weighted by Crippen LogP contribution is -2.27. The van der Waals surface area contributed by atoms with Crippen molar-refractivity contribution in [3.8, 4) is 40.1 Å². The largest absolute Gasteiger partial charge is 0.497 e. The lowest BCUT2D eigenvalue weighted by atomic mass is 9.72. The van der Waals surface area contributed by atoms with Gasteiger partial charge >= 0.3 is 11.3 Å². The Hall–Kier alpha value is -7.20. The summed E-state index contributed by atoms with van der Waals surface area (Å²) in [6.07, 6.45) is 1.44. The summed E-state index contributed by atoms with van der Waals surface area (Å²) in [7, 11) is 1.62.